The third kappa shape index (κ3) is 5.83. The Hall–Kier alpha value is -2.69. The first-order chi connectivity index (χ1) is 11.7. The van der Waals surface area contributed by atoms with Gasteiger partial charge in [-0.15, -0.1) is 0 Å². The summed E-state index contributed by atoms with van der Waals surface area (Å²) in [5, 5.41) is 2.90. The maximum absolute atomic E-state index is 12.1. The largest absolute Gasteiger partial charge is 0.497 e. The number of hydrogen-bond acceptors (Lipinski definition) is 3. The highest BCUT2D eigenvalue weighted by Crippen LogP contribution is 2.12. The van der Waals surface area contributed by atoms with E-state index in [4.69, 9.17) is 9.47 Å². The summed E-state index contributed by atoms with van der Waals surface area (Å²) < 4.78 is 10.8. The topological polar surface area (TPSA) is 50.8 Å². The fourth-order valence-electron chi connectivity index (χ4n) is 2.21. The Morgan fingerprint density at radius 1 is 1.08 bits per heavy atom. The summed E-state index contributed by atoms with van der Waals surface area (Å²) in [6.07, 6.45) is 0.776. The highest BCUT2D eigenvalue weighted by atomic mass is 16.5. The molecule has 0 aliphatic rings. The summed E-state index contributed by atoms with van der Waals surface area (Å²) in [5.74, 6) is 1.63. The van der Waals surface area contributed by atoms with Crippen molar-refractivity contribution in [3.63, 3.8) is 0 Å². The van der Waals surface area contributed by atoms with Crippen molar-refractivity contribution in [3.8, 4) is 11.5 Å². The zero-order valence-electron chi connectivity index (χ0n) is 14.2. The van der Waals surface area contributed by atoms with E-state index in [0.717, 1.165) is 23.5 Å². The van der Waals surface area contributed by atoms with Gasteiger partial charge in [0.2, 0.25) is 0 Å². The highest BCUT2D eigenvalue weighted by Gasteiger charge is 2.08. The van der Waals surface area contributed by atoms with Crippen molar-refractivity contribution in [3.05, 3.63) is 60.2 Å². The average molecular weight is 328 g/mol. The predicted octanol–water partition coefficient (Wildman–Crippen LogP) is 3.31. The molecule has 0 saturated carbocycles. The van der Waals surface area contributed by atoms with Crippen LogP contribution >= 0.6 is 0 Å². The van der Waals surface area contributed by atoms with E-state index in [-0.39, 0.29) is 6.03 Å². The molecule has 5 nitrogen and oxygen atoms in total. The van der Waals surface area contributed by atoms with Gasteiger partial charge in [-0.3, -0.25) is 0 Å². The Morgan fingerprint density at radius 3 is 2.58 bits per heavy atom. The van der Waals surface area contributed by atoms with Crippen LogP contribution in [0, 0.1) is 0 Å². The molecular formula is C19H24N2O3. The van der Waals surface area contributed by atoms with E-state index >= 15 is 0 Å². The molecule has 0 spiro atoms. The molecule has 0 aliphatic carbocycles. The fourth-order valence-corrected chi connectivity index (χ4v) is 2.21. The van der Waals surface area contributed by atoms with E-state index in [9.17, 15) is 4.79 Å². The van der Waals surface area contributed by atoms with E-state index in [0.29, 0.717) is 19.7 Å². The standard InChI is InChI=1S/C19H24N2O3/c1-21(12-7-13-24-17-9-4-3-5-10-17)19(22)20-15-16-8-6-11-18(14-16)23-2/h3-6,8-11,14H,7,12-13,15H2,1-2H3,(H,20,22). The van der Waals surface area contributed by atoms with Gasteiger partial charge in [0.05, 0.1) is 13.7 Å². The van der Waals surface area contributed by atoms with Gasteiger partial charge in [-0.1, -0.05) is 30.3 Å². The number of urea groups is 1. The average Bonchev–Trinajstić information content (AvgIpc) is 2.64. The lowest BCUT2D eigenvalue weighted by Gasteiger charge is -2.18. The number of benzene rings is 2. The molecule has 128 valence electrons. The van der Waals surface area contributed by atoms with E-state index in [1.54, 1.807) is 19.1 Å². The zero-order chi connectivity index (χ0) is 17.2. The van der Waals surface area contributed by atoms with Crippen LogP contribution in [0.2, 0.25) is 0 Å². The van der Waals surface area contributed by atoms with Crippen molar-refractivity contribution >= 4 is 6.03 Å². The molecule has 0 heterocycles. The van der Waals surface area contributed by atoms with E-state index in [1.165, 1.54) is 0 Å². The first-order valence-corrected chi connectivity index (χ1v) is 7.99. The molecular weight excluding hydrogens is 304 g/mol. The molecule has 1 N–H and O–H groups in total. The van der Waals surface area contributed by atoms with Gasteiger partial charge in [-0.2, -0.15) is 0 Å². The molecule has 2 aromatic carbocycles. The number of para-hydroxylation sites is 1. The van der Waals surface area contributed by atoms with Crippen LogP contribution in [-0.2, 0) is 6.54 Å². The monoisotopic (exact) mass is 328 g/mol. The molecule has 0 unspecified atom stereocenters. The van der Waals surface area contributed by atoms with Gasteiger partial charge >= 0.3 is 6.03 Å². The molecule has 2 amide bonds. The maximum Gasteiger partial charge on any atom is 0.317 e. The lowest BCUT2D eigenvalue weighted by atomic mass is 10.2. The Balaban J connectivity index is 1.66. The highest BCUT2D eigenvalue weighted by molar-refractivity contribution is 5.73. The molecule has 0 aromatic heterocycles. The van der Waals surface area contributed by atoms with Crippen molar-refractivity contribution in [1.29, 1.82) is 0 Å². The van der Waals surface area contributed by atoms with Crippen LogP contribution in [0.5, 0.6) is 11.5 Å². The zero-order valence-corrected chi connectivity index (χ0v) is 14.2. The first kappa shape index (κ1) is 17.7. The van der Waals surface area contributed by atoms with Crippen molar-refractivity contribution in [2.24, 2.45) is 0 Å². The Kier molecular flexibility index (Phi) is 6.95. The van der Waals surface area contributed by atoms with Crippen LogP contribution in [-0.4, -0.2) is 38.2 Å². The van der Waals surface area contributed by atoms with E-state index in [1.807, 2.05) is 54.6 Å². The summed E-state index contributed by atoms with van der Waals surface area (Å²) in [7, 11) is 3.41. The summed E-state index contributed by atoms with van der Waals surface area (Å²) in [6, 6.07) is 17.2. The smallest absolute Gasteiger partial charge is 0.317 e. The number of nitrogens with zero attached hydrogens (tertiary/aromatic N) is 1. The number of rotatable bonds is 8. The van der Waals surface area contributed by atoms with Crippen LogP contribution in [0.15, 0.2) is 54.6 Å². The Labute approximate surface area is 143 Å². The van der Waals surface area contributed by atoms with Crippen LogP contribution < -0.4 is 14.8 Å². The molecule has 0 bridgehead atoms. The van der Waals surface area contributed by atoms with Crippen molar-refractivity contribution in [1.82, 2.24) is 10.2 Å². The first-order valence-electron chi connectivity index (χ1n) is 7.99. The third-order valence-electron chi connectivity index (χ3n) is 3.57. The predicted molar refractivity (Wildman–Crippen MR) is 94.4 cm³/mol. The second-order valence-electron chi connectivity index (χ2n) is 5.45. The van der Waals surface area contributed by atoms with Gasteiger partial charge in [0.1, 0.15) is 11.5 Å². The summed E-state index contributed by atoms with van der Waals surface area (Å²) in [4.78, 5) is 13.7. The minimum absolute atomic E-state index is 0.0995. The molecule has 0 aliphatic heterocycles. The number of carbonyl (C=O) groups excluding carboxylic acids is 1. The normalized spacial score (nSPS) is 10.1. The third-order valence-corrected chi connectivity index (χ3v) is 3.57. The minimum atomic E-state index is -0.0995. The van der Waals surface area contributed by atoms with Gasteiger partial charge in [0, 0.05) is 20.1 Å². The van der Waals surface area contributed by atoms with Crippen LogP contribution in [0.25, 0.3) is 0 Å². The molecule has 0 saturated heterocycles. The van der Waals surface area contributed by atoms with Gasteiger partial charge in [-0.25, -0.2) is 4.79 Å². The molecule has 2 aromatic rings. The quantitative estimate of drug-likeness (QED) is 0.757. The van der Waals surface area contributed by atoms with Crippen molar-refractivity contribution in [2.45, 2.75) is 13.0 Å². The lowest BCUT2D eigenvalue weighted by molar-refractivity contribution is 0.203. The van der Waals surface area contributed by atoms with Crippen molar-refractivity contribution < 1.29 is 14.3 Å². The fraction of sp³-hybridized carbons (Fsp3) is 0.316. The number of nitrogens with one attached hydrogen (secondary N) is 1. The number of hydrogen-bond donors (Lipinski definition) is 1. The molecule has 0 atom stereocenters. The maximum atomic E-state index is 12.1. The molecule has 2 rings (SSSR count). The number of carbonyl (C=O) groups is 1. The van der Waals surface area contributed by atoms with Crippen molar-refractivity contribution in [2.75, 3.05) is 27.3 Å². The molecule has 0 fully saturated rings. The Bertz CT molecular complexity index is 632. The van der Waals surface area contributed by atoms with Gasteiger partial charge < -0.3 is 19.7 Å². The SMILES string of the molecule is COc1cccc(CNC(=O)N(C)CCCOc2ccccc2)c1. The number of ether oxygens (including phenoxy) is 2. The van der Waals surface area contributed by atoms with E-state index < -0.39 is 0 Å². The van der Waals surface area contributed by atoms with Gasteiger partial charge in [0.25, 0.3) is 0 Å². The summed E-state index contributed by atoms with van der Waals surface area (Å²) >= 11 is 0. The summed E-state index contributed by atoms with van der Waals surface area (Å²) in [6.45, 7) is 1.69. The van der Waals surface area contributed by atoms with Crippen LogP contribution in [0.3, 0.4) is 0 Å². The Morgan fingerprint density at radius 2 is 1.83 bits per heavy atom. The lowest BCUT2D eigenvalue weighted by Crippen LogP contribution is -2.37. The van der Waals surface area contributed by atoms with Gasteiger partial charge in [0.15, 0.2) is 0 Å². The van der Waals surface area contributed by atoms with Crippen LogP contribution in [0.1, 0.15) is 12.0 Å². The van der Waals surface area contributed by atoms with Gasteiger partial charge in [-0.05, 0) is 36.2 Å². The molecule has 0 radical (unpaired) electrons. The number of amides is 2. The summed E-state index contributed by atoms with van der Waals surface area (Å²) in [5.41, 5.74) is 1.00. The minimum Gasteiger partial charge on any atom is -0.497 e. The molecule has 24 heavy (non-hydrogen) atoms. The second-order valence-corrected chi connectivity index (χ2v) is 5.45. The van der Waals surface area contributed by atoms with E-state index in [2.05, 4.69) is 5.32 Å². The number of methoxy groups -OCH3 is 1. The molecule has 5 heteroatoms. The second kappa shape index (κ2) is 9.45. The van der Waals surface area contributed by atoms with Crippen LogP contribution in [0.4, 0.5) is 4.79 Å².